The van der Waals surface area contributed by atoms with Gasteiger partial charge in [-0.05, 0) is 18.1 Å². The number of thioether (sulfide) groups is 1. The molecule has 0 aliphatic carbocycles. The minimum Gasteiger partial charge on any atom is -0.325 e. The highest BCUT2D eigenvalue weighted by molar-refractivity contribution is 8.00. The SMILES string of the molecule is CC(C)C(Sc1nncn1C)C(=O)Nc1ccccc1C(F)(F)F. The van der Waals surface area contributed by atoms with E-state index in [0.717, 1.165) is 6.07 Å². The number of alkyl halides is 3. The number of aromatic nitrogens is 3. The van der Waals surface area contributed by atoms with Crippen molar-refractivity contribution in [1.82, 2.24) is 14.8 Å². The molecule has 24 heavy (non-hydrogen) atoms. The molecule has 1 aromatic carbocycles. The number of nitrogens with zero attached hydrogens (tertiary/aromatic N) is 3. The first kappa shape index (κ1) is 18.3. The van der Waals surface area contributed by atoms with Crippen LogP contribution in [0.25, 0.3) is 0 Å². The molecule has 0 bridgehead atoms. The van der Waals surface area contributed by atoms with E-state index in [0.29, 0.717) is 5.16 Å². The molecular weight excluding hydrogens is 341 g/mol. The Bertz CT molecular complexity index is 715. The van der Waals surface area contributed by atoms with E-state index in [9.17, 15) is 18.0 Å². The third-order valence-corrected chi connectivity index (χ3v) is 4.85. The maximum atomic E-state index is 13.0. The Labute approximate surface area is 141 Å². The quantitative estimate of drug-likeness (QED) is 0.830. The fourth-order valence-corrected chi connectivity index (χ4v) is 3.00. The lowest BCUT2D eigenvalue weighted by Gasteiger charge is -2.20. The summed E-state index contributed by atoms with van der Waals surface area (Å²) in [4.78, 5) is 12.5. The third-order valence-electron chi connectivity index (χ3n) is 3.26. The van der Waals surface area contributed by atoms with E-state index in [2.05, 4.69) is 15.5 Å². The van der Waals surface area contributed by atoms with Crippen LogP contribution in [0.2, 0.25) is 0 Å². The first-order valence-corrected chi connectivity index (χ1v) is 8.06. The van der Waals surface area contributed by atoms with Crippen molar-refractivity contribution in [3.05, 3.63) is 36.2 Å². The van der Waals surface area contributed by atoms with Gasteiger partial charge in [-0.2, -0.15) is 13.2 Å². The van der Waals surface area contributed by atoms with Gasteiger partial charge in [-0.1, -0.05) is 37.7 Å². The Balaban J connectivity index is 2.22. The fourth-order valence-electron chi connectivity index (χ4n) is 2.03. The molecule has 1 N–H and O–H groups in total. The smallest absolute Gasteiger partial charge is 0.325 e. The topological polar surface area (TPSA) is 59.8 Å². The molecule has 0 aliphatic rings. The zero-order valence-corrected chi connectivity index (χ0v) is 14.1. The van der Waals surface area contributed by atoms with Gasteiger partial charge in [-0.15, -0.1) is 10.2 Å². The van der Waals surface area contributed by atoms with Gasteiger partial charge in [0.1, 0.15) is 6.33 Å². The number of carbonyl (C=O) groups is 1. The van der Waals surface area contributed by atoms with Crippen molar-refractivity contribution in [1.29, 1.82) is 0 Å². The summed E-state index contributed by atoms with van der Waals surface area (Å²) in [7, 11) is 1.73. The zero-order chi connectivity index (χ0) is 17.9. The molecule has 0 radical (unpaired) electrons. The molecule has 9 heteroatoms. The van der Waals surface area contributed by atoms with E-state index in [4.69, 9.17) is 0 Å². The van der Waals surface area contributed by atoms with Crippen LogP contribution in [0.4, 0.5) is 18.9 Å². The number of hydrogen-bond donors (Lipinski definition) is 1. The molecule has 0 aliphatic heterocycles. The summed E-state index contributed by atoms with van der Waals surface area (Å²) in [5, 5.41) is 9.95. The van der Waals surface area contributed by atoms with Crippen LogP contribution in [0.15, 0.2) is 35.7 Å². The van der Waals surface area contributed by atoms with Crippen LogP contribution in [0.5, 0.6) is 0 Å². The van der Waals surface area contributed by atoms with Crippen LogP contribution < -0.4 is 5.32 Å². The van der Waals surface area contributed by atoms with Crippen LogP contribution in [0.1, 0.15) is 19.4 Å². The van der Waals surface area contributed by atoms with E-state index >= 15 is 0 Å². The average molecular weight is 358 g/mol. The Morgan fingerprint density at radius 2 is 1.96 bits per heavy atom. The van der Waals surface area contributed by atoms with Gasteiger partial charge < -0.3 is 9.88 Å². The Morgan fingerprint density at radius 3 is 2.50 bits per heavy atom. The number of halogens is 3. The van der Waals surface area contributed by atoms with Gasteiger partial charge in [0, 0.05) is 7.05 Å². The van der Waals surface area contributed by atoms with Crippen LogP contribution in [0.3, 0.4) is 0 Å². The van der Waals surface area contributed by atoms with Crippen molar-refractivity contribution in [2.75, 3.05) is 5.32 Å². The molecule has 0 fully saturated rings. The van der Waals surface area contributed by atoms with Crippen LogP contribution in [0, 0.1) is 5.92 Å². The van der Waals surface area contributed by atoms with Gasteiger partial charge in [0.2, 0.25) is 5.91 Å². The van der Waals surface area contributed by atoms with Gasteiger partial charge in [-0.3, -0.25) is 4.79 Å². The van der Waals surface area contributed by atoms with Crippen LogP contribution >= 0.6 is 11.8 Å². The number of carbonyl (C=O) groups excluding carboxylic acids is 1. The Morgan fingerprint density at radius 1 is 1.29 bits per heavy atom. The normalized spacial score (nSPS) is 13.1. The predicted molar refractivity (Wildman–Crippen MR) is 85.6 cm³/mol. The summed E-state index contributed by atoms with van der Waals surface area (Å²) in [5.41, 5.74) is -1.12. The van der Waals surface area contributed by atoms with Crippen molar-refractivity contribution in [2.24, 2.45) is 13.0 Å². The molecule has 1 amide bonds. The standard InChI is InChI=1S/C15H17F3N4OS/c1-9(2)12(24-14-21-19-8-22(14)3)13(23)20-11-7-5-4-6-10(11)15(16,17)18/h4-9,12H,1-3H3,(H,20,23). The van der Waals surface area contributed by atoms with E-state index in [1.807, 2.05) is 13.8 Å². The van der Waals surface area contributed by atoms with Gasteiger partial charge in [-0.25, -0.2) is 0 Å². The number of benzene rings is 1. The molecular formula is C15H17F3N4OS. The minimum absolute atomic E-state index is 0.107. The summed E-state index contributed by atoms with van der Waals surface area (Å²) >= 11 is 1.17. The Kier molecular flexibility index (Phi) is 5.53. The van der Waals surface area contributed by atoms with Gasteiger partial charge in [0.25, 0.3) is 0 Å². The molecule has 2 aromatic rings. The van der Waals surface area contributed by atoms with Crippen molar-refractivity contribution < 1.29 is 18.0 Å². The minimum atomic E-state index is -4.53. The summed E-state index contributed by atoms with van der Waals surface area (Å²) in [6.45, 7) is 3.65. The molecule has 5 nitrogen and oxygen atoms in total. The predicted octanol–water partition coefficient (Wildman–Crippen LogP) is 3.59. The summed E-state index contributed by atoms with van der Waals surface area (Å²) in [5.74, 6) is -0.612. The monoisotopic (exact) mass is 358 g/mol. The van der Waals surface area contributed by atoms with Crippen molar-refractivity contribution in [3.63, 3.8) is 0 Å². The molecule has 1 unspecified atom stereocenters. The maximum Gasteiger partial charge on any atom is 0.418 e. The lowest BCUT2D eigenvalue weighted by Crippen LogP contribution is -2.30. The molecule has 1 heterocycles. The van der Waals surface area contributed by atoms with Crippen molar-refractivity contribution in [2.45, 2.75) is 30.4 Å². The fraction of sp³-hybridized carbons (Fsp3) is 0.400. The molecule has 0 saturated carbocycles. The number of rotatable bonds is 5. The number of amides is 1. The number of hydrogen-bond acceptors (Lipinski definition) is 4. The number of para-hydroxylation sites is 1. The maximum absolute atomic E-state index is 13.0. The molecule has 130 valence electrons. The largest absolute Gasteiger partial charge is 0.418 e. The highest BCUT2D eigenvalue weighted by Crippen LogP contribution is 2.35. The lowest BCUT2D eigenvalue weighted by atomic mass is 10.1. The number of nitrogens with one attached hydrogen (secondary N) is 1. The molecule has 0 saturated heterocycles. The van der Waals surface area contributed by atoms with Gasteiger partial charge in [0.05, 0.1) is 16.5 Å². The lowest BCUT2D eigenvalue weighted by molar-refractivity contribution is -0.137. The van der Waals surface area contributed by atoms with Crippen LogP contribution in [-0.2, 0) is 18.0 Å². The second kappa shape index (κ2) is 7.25. The summed E-state index contributed by atoms with van der Waals surface area (Å²) in [6, 6.07) is 4.92. The second-order valence-corrected chi connectivity index (χ2v) is 6.65. The summed E-state index contributed by atoms with van der Waals surface area (Å²) < 4.78 is 40.8. The first-order chi connectivity index (χ1) is 11.2. The van der Waals surface area contributed by atoms with E-state index < -0.39 is 22.9 Å². The molecule has 2 rings (SSSR count). The number of anilines is 1. The third kappa shape index (κ3) is 4.28. The number of aryl methyl sites for hydroxylation is 1. The average Bonchev–Trinajstić information content (AvgIpc) is 2.89. The van der Waals surface area contributed by atoms with Gasteiger partial charge >= 0.3 is 6.18 Å². The van der Waals surface area contributed by atoms with Crippen LogP contribution in [-0.4, -0.2) is 25.9 Å². The zero-order valence-electron chi connectivity index (χ0n) is 13.3. The molecule has 1 atom stereocenters. The molecule has 0 spiro atoms. The van der Waals surface area contributed by atoms with E-state index in [1.165, 1.54) is 36.3 Å². The summed E-state index contributed by atoms with van der Waals surface area (Å²) in [6.07, 6.45) is -3.04. The second-order valence-electron chi connectivity index (χ2n) is 5.54. The van der Waals surface area contributed by atoms with Gasteiger partial charge in [0.15, 0.2) is 5.16 Å². The van der Waals surface area contributed by atoms with Crippen molar-refractivity contribution >= 4 is 23.4 Å². The highest BCUT2D eigenvalue weighted by Gasteiger charge is 2.34. The van der Waals surface area contributed by atoms with Crippen molar-refractivity contribution in [3.8, 4) is 0 Å². The first-order valence-electron chi connectivity index (χ1n) is 7.18. The van der Waals surface area contributed by atoms with E-state index in [1.54, 1.807) is 11.6 Å². The molecule has 1 aromatic heterocycles. The highest BCUT2D eigenvalue weighted by atomic mass is 32.2. The Hall–Kier alpha value is -2.03. The van der Waals surface area contributed by atoms with E-state index in [-0.39, 0.29) is 11.6 Å².